The van der Waals surface area contributed by atoms with Crippen LogP contribution in [0.2, 0.25) is 0 Å². The summed E-state index contributed by atoms with van der Waals surface area (Å²) in [6, 6.07) is 6.42. The van der Waals surface area contributed by atoms with Gasteiger partial charge in [-0.15, -0.1) is 0 Å². The van der Waals surface area contributed by atoms with Gasteiger partial charge in [0.05, 0.1) is 6.10 Å². The van der Waals surface area contributed by atoms with Gasteiger partial charge in [0.25, 0.3) is 5.91 Å². The van der Waals surface area contributed by atoms with E-state index in [1.54, 1.807) is 23.1 Å². The maximum atomic E-state index is 13.2. The number of fused-ring (bicyclic) bond motifs is 1. The highest BCUT2D eigenvalue weighted by atomic mass is 16.5. The van der Waals surface area contributed by atoms with Crippen LogP contribution in [0.4, 0.5) is 0 Å². The summed E-state index contributed by atoms with van der Waals surface area (Å²) >= 11 is 0. The molecule has 1 aromatic rings. The van der Waals surface area contributed by atoms with Crippen molar-refractivity contribution in [3.05, 3.63) is 29.8 Å². The van der Waals surface area contributed by atoms with E-state index in [0.29, 0.717) is 30.3 Å². The number of carboxylic acids is 1. The topological polar surface area (TPSA) is 76.1 Å². The number of likely N-dealkylation sites (tertiary alicyclic amines) is 1. The van der Waals surface area contributed by atoms with Crippen molar-refractivity contribution in [3.63, 3.8) is 0 Å². The van der Waals surface area contributed by atoms with Crippen LogP contribution in [0.5, 0.6) is 5.75 Å². The van der Waals surface area contributed by atoms with Gasteiger partial charge in [-0.2, -0.15) is 0 Å². The number of aliphatic carboxylic acids is 1. The quantitative estimate of drug-likeness (QED) is 0.858. The minimum atomic E-state index is -0.900. The number of hydrogen-bond acceptors (Lipinski definition) is 4. The normalized spacial score (nSPS) is 30.1. The van der Waals surface area contributed by atoms with Gasteiger partial charge in [0.1, 0.15) is 18.4 Å². The molecular weight excluding hydrogens is 346 g/mol. The second-order valence-electron chi connectivity index (χ2n) is 7.89. The Kier molecular flexibility index (Phi) is 5.34. The zero-order chi connectivity index (χ0) is 18.8. The van der Waals surface area contributed by atoms with E-state index in [9.17, 15) is 14.7 Å². The van der Waals surface area contributed by atoms with Crippen LogP contribution in [-0.2, 0) is 9.53 Å². The van der Waals surface area contributed by atoms with Crippen LogP contribution < -0.4 is 4.74 Å². The Hall–Kier alpha value is -2.08. The molecule has 3 fully saturated rings. The lowest BCUT2D eigenvalue weighted by Crippen LogP contribution is -2.46. The fourth-order valence-electron chi connectivity index (χ4n) is 4.81. The second kappa shape index (κ2) is 7.89. The minimum absolute atomic E-state index is 0.0452. The van der Waals surface area contributed by atoms with E-state index in [0.717, 1.165) is 45.1 Å². The largest absolute Gasteiger partial charge is 0.491 e. The molecule has 27 heavy (non-hydrogen) atoms. The average Bonchev–Trinajstić information content (AvgIpc) is 3.33. The zero-order valence-corrected chi connectivity index (χ0v) is 15.5. The molecule has 4 rings (SSSR count). The molecule has 6 heteroatoms. The molecule has 1 amide bonds. The molecule has 0 spiro atoms. The molecule has 1 aliphatic carbocycles. The Balaban J connectivity index is 1.50. The predicted octanol–water partition coefficient (Wildman–Crippen LogP) is 3.10. The summed E-state index contributed by atoms with van der Waals surface area (Å²) in [5.41, 5.74) is 0.498. The maximum Gasteiger partial charge on any atom is 0.326 e. The number of ether oxygens (including phenoxy) is 2. The van der Waals surface area contributed by atoms with E-state index >= 15 is 0 Å². The Morgan fingerprint density at radius 1 is 1.19 bits per heavy atom. The molecule has 2 aliphatic heterocycles. The molecule has 0 aromatic heterocycles. The van der Waals surface area contributed by atoms with Gasteiger partial charge < -0.3 is 19.5 Å². The lowest BCUT2D eigenvalue weighted by Gasteiger charge is -2.33. The Bertz CT molecular complexity index is 700. The van der Waals surface area contributed by atoms with Gasteiger partial charge in [-0.1, -0.05) is 18.9 Å². The Labute approximate surface area is 159 Å². The van der Waals surface area contributed by atoms with E-state index in [4.69, 9.17) is 9.47 Å². The monoisotopic (exact) mass is 373 g/mol. The van der Waals surface area contributed by atoms with Crippen molar-refractivity contribution < 1.29 is 24.2 Å². The van der Waals surface area contributed by atoms with Crippen LogP contribution in [-0.4, -0.2) is 53.3 Å². The van der Waals surface area contributed by atoms with Gasteiger partial charge in [0.2, 0.25) is 0 Å². The number of hydrogen-bond donors (Lipinski definition) is 1. The molecule has 3 aliphatic rings. The highest BCUT2D eigenvalue weighted by Crippen LogP contribution is 2.40. The summed E-state index contributed by atoms with van der Waals surface area (Å²) in [4.78, 5) is 26.6. The summed E-state index contributed by atoms with van der Waals surface area (Å²) in [6.45, 7) is 1.25. The van der Waals surface area contributed by atoms with Gasteiger partial charge >= 0.3 is 5.97 Å². The fraction of sp³-hybridized carbons (Fsp3) is 0.619. The molecule has 1 saturated carbocycles. The van der Waals surface area contributed by atoms with Crippen molar-refractivity contribution in [3.8, 4) is 5.75 Å². The number of amides is 1. The number of nitrogens with zero attached hydrogens (tertiary/aromatic N) is 1. The SMILES string of the molecule is O=C(O)C1CC2CCCCC2N1C(=O)c1cccc(OCC2CCCO2)c1. The highest BCUT2D eigenvalue weighted by Gasteiger charge is 2.47. The van der Waals surface area contributed by atoms with E-state index in [-0.39, 0.29) is 18.1 Å². The lowest BCUT2D eigenvalue weighted by atomic mass is 9.84. The standard InChI is InChI=1S/C21H27NO5/c23-20(22-18-9-2-1-5-14(18)12-19(22)21(24)25)15-6-3-7-16(11-15)27-13-17-8-4-10-26-17/h3,6-7,11,14,17-19H,1-2,4-5,8-10,12-13H2,(H,24,25). The molecule has 2 saturated heterocycles. The third-order valence-electron chi connectivity index (χ3n) is 6.15. The first-order valence-corrected chi connectivity index (χ1v) is 10.0. The van der Waals surface area contributed by atoms with E-state index in [2.05, 4.69) is 0 Å². The molecule has 6 nitrogen and oxygen atoms in total. The number of rotatable bonds is 5. The van der Waals surface area contributed by atoms with Gasteiger partial charge in [0, 0.05) is 18.2 Å². The van der Waals surface area contributed by atoms with Crippen LogP contribution in [0.25, 0.3) is 0 Å². The molecule has 0 radical (unpaired) electrons. The van der Waals surface area contributed by atoms with Crippen molar-refractivity contribution >= 4 is 11.9 Å². The summed E-state index contributed by atoms with van der Waals surface area (Å²) in [5.74, 6) is -0.159. The fourth-order valence-corrected chi connectivity index (χ4v) is 4.81. The smallest absolute Gasteiger partial charge is 0.326 e. The third kappa shape index (κ3) is 3.81. The highest BCUT2D eigenvalue weighted by molar-refractivity contribution is 5.97. The Morgan fingerprint density at radius 2 is 2.04 bits per heavy atom. The zero-order valence-electron chi connectivity index (χ0n) is 15.5. The van der Waals surface area contributed by atoms with Crippen molar-refractivity contribution in [2.75, 3.05) is 13.2 Å². The molecular formula is C21H27NO5. The maximum absolute atomic E-state index is 13.2. The van der Waals surface area contributed by atoms with Crippen molar-refractivity contribution in [2.24, 2.45) is 5.92 Å². The van der Waals surface area contributed by atoms with Gasteiger partial charge in [-0.05, 0) is 56.2 Å². The average molecular weight is 373 g/mol. The minimum Gasteiger partial charge on any atom is -0.491 e. The van der Waals surface area contributed by atoms with Crippen molar-refractivity contribution in [2.45, 2.75) is 63.1 Å². The summed E-state index contributed by atoms with van der Waals surface area (Å²) in [5, 5.41) is 9.65. The molecule has 1 aromatic carbocycles. The van der Waals surface area contributed by atoms with E-state index in [1.807, 2.05) is 6.07 Å². The summed E-state index contributed by atoms with van der Waals surface area (Å²) in [6.07, 6.45) is 6.83. The molecule has 2 heterocycles. The first-order valence-electron chi connectivity index (χ1n) is 10.0. The molecule has 0 bridgehead atoms. The van der Waals surface area contributed by atoms with Crippen LogP contribution in [0.15, 0.2) is 24.3 Å². The summed E-state index contributed by atoms with van der Waals surface area (Å²) < 4.78 is 11.4. The molecule has 4 unspecified atom stereocenters. The van der Waals surface area contributed by atoms with Crippen LogP contribution in [0, 0.1) is 5.92 Å². The molecule has 4 atom stereocenters. The first kappa shape index (κ1) is 18.3. The van der Waals surface area contributed by atoms with E-state index < -0.39 is 12.0 Å². The second-order valence-corrected chi connectivity index (χ2v) is 7.89. The van der Waals surface area contributed by atoms with Crippen molar-refractivity contribution in [1.82, 2.24) is 4.90 Å². The molecule has 1 N–H and O–H groups in total. The number of benzene rings is 1. The van der Waals surface area contributed by atoms with Crippen molar-refractivity contribution in [1.29, 1.82) is 0 Å². The third-order valence-corrected chi connectivity index (χ3v) is 6.15. The number of carbonyl (C=O) groups excluding carboxylic acids is 1. The summed E-state index contributed by atoms with van der Waals surface area (Å²) in [7, 11) is 0. The van der Waals surface area contributed by atoms with Gasteiger partial charge in [-0.3, -0.25) is 4.79 Å². The van der Waals surface area contributed by atoms with Gasteiger partial charge in [-0.25, -0.2) is 4.79 Å². The van der Waals surface area contributed by atoms with Crippen LogP contribution in [0.1, 0.15) is 55.3 Å². The first-order chi connectivity index (χ1) is 13.1. The number of carboxylic acid groups (broad SMARTS) is 1. The number of carbonyl (C=O) groups is 2. The van der Waals surface area contributed by atoms with Gasteiger partial charge in [0.15, 0.2) is 0 Å². The molecule has 146 valence electrons. The lowest BCUT2D eigenvalue weighted by molar-refractivity contribution is -0.141. The van der Waals surface area contributed by atoms with Crippen LogP contribution >= 0.6 is 0 Å². The van der Waals surface area contributed by atoms with Crippen LogP contribution in [0.3, 0.4) is 0 Å². The predicted molar refractivity (Wildman–Crippen MR) is 98.9 cm³/mol. The van der Waals surface area contributed by atoms with E-state index in [1.165, 1.54) is 0 Å². The Morgan fingerprint density at radius 3 is 2.81 bits per heavy atom.